The summed E-state index contributed by atoms with van der Waals surface area (Å²) in [6.07, 6.45) is 0. The molecule has 0 aliphatic carbocycles. The van der Waals surface area contributed by atoms with Crippen molar-refractivity contribution >= 4 is 44.8 Å². The Kier molecular flexibility index (Phi) is 5.60. The van der Waals surface area contributed by atoms with Crippen LogP contribution in [0.1, 0.15) is 10.4 Å². The van der Waals surface area contributed by atoms with Crippen LogP contribution in [0.4, 0.5) is 0 Å². The first-order valence-electron chi connectivity index (χ1n) is 4.27. The van der Waals surface area contributed by atoms with E-state index in [1.165, 1.54) is 11.3 Å². The van der Waals surface area contributed by atoms with Crippen LogP contribution in [0.2, 0.25) is 0 Å². The number of carbonyl (C=O) groups is 1. The minimum absolute atomic E-state index is 0.125. The van der Waals surface area contributed by atoms with Gasteiger partial charge in [0, 0.05) is 18.4 Å². The van der Waals surface area contributed by atoms with Crippen LogP contribution in [-0.2, 0) is 4.74 Å². The second-order valence-electron chi connectivity index (χ2n) is 2.92. The first kappa shape index (κ1) is 13.0. The largest absolute Gasteiger partial charge is 0.383 e. The molecular formula is C9H11BrClNO2S. The number of halogens is 2. The van der Waals surface area contributed by atoms with E-state index in [1.54, 1.807) is 18.6 Å². The van der Waals surface area contributed by atoms with E-state index in [2.05, 4.69) is 21.2 Å². The molecule has 6 heteroatoms. The van der Waals surface area contributed by atoms with Crippen molar-refractivity contribution in [2.24, 2.45) is 0 Å². The Hall–Kier alpha value is -0.100. The van der Waals surface area contributed by atoms with Gasteiger partial charge in [0.2, 0.25) is 0 Å². The van der Waals surface area contributed by atoms with Crippen LogP contribution < -0.4 is 5.32 Å². The van der Waals surface area contributed by atoms with Gasteiger partial charge in [-0.3, -0.25) is 4.79 Å². The van der Waals surface area contributed by atoms with Gasteiger partial charge in [-0.25, -0.2) is 0 Å². The third kappa shape index (κ3) is 4.10. The highest BCUT2D eigenvalue weighted by molar-refractivity contribution is 9.11. The van der Waals surface area contributed by atoms with Crippen LogP contribution >= 0.6 is 38.9 Å². The Bertz CT molecular complexity index is 332. The first-order chi connectivity index (χ1) is 7.17. The van der Waals surface area contributed by atoms with Crippen molar-refractivity contribution in [3.63, 3.8) is 0 Å². The lowest BCUT2D eigenvalue weighted by molar-refractivity contribution is 0.0907. The molecule has 0 saturated heterocycles. The summed E-state index contributed by atoms with van der Waals surface area (Å²) < 4.78 is 5.86. The Morgan fingerprint density at radius 2 is 2.53 bits per heavy atom. The molecule has 1 heterocycles. The second kappa shape index (κ2) is 6.48. The predicted octanol–water partition coefficient (Wildman–Crippen LogP) is 2.49. The lowest BCUT2D eigenvalue weighted by atomic mass is 10.3. The second-order valence-corrected chi connectivity index (χ2v) is 5.52. The maximum atomic E-state index is 11.7. The molecule has 1 aromatic rings. The molecule has 0 bridgehead atoms. The number of thiophene rings is 1. The average Bonchev–Trinajstić information content (AvgIpc) is 2.64. The fourth-order valence-electron chi connectivity index (χ4n) is 1.02. The molecule has 1 aromatic heterocycles. The van der Waals surface area contributed by atoms with Crippen LogP contribution in [0, 0.1) is 0 Å². The molecule has 1 atom stereocenters. The summed E-state index contributed by atoms with van der Waals surface area (Å²) in [5.74, 6) is 0.213. The maximum absolute atomic E-state index is 11.7. The first-order valence-corrected chi connectivity index (χ1v) is 6.48. The van der Waals surface area contributed by atoms with Gasteiger partial charge in [0.25, 0.3) is 5.91 Å². The van der Waals surface area contributed by atoms with Crippen LogP contribution in [0.15, 0.2) is 15.2 Å². The molecule has 0 aliphatic rings. The van der Waals surface area contributed by atoms with Crippen molar-refractivity contribution in [3.05, 3.63) is 20.8 Å². The van der Waals surface area contributed by atoms with E-state index in [9.17, 15) is 4.79 Å². The van der Waals surface area contributed by atoms with Crippen LogP contribution in [0.3, 0.4) is 0 Å². The maximum Gasteiger partial charge on any atom is 0.252 e. The summed E-state index contributed by atoms with van der Waals surface area (Å²) in [6, 6.07) is 1.63. The van der Waals surface area contributed by atoms with E-state index in [-0.39, 0.29) is 11.9 Å². The highest BCUT2D eigenvalue weighted by atomic mass is 79.9. The quantitative estimate of drug-likeness (QED) is 0.848. The summed E-state index contributed by atoms with van der Waals surface area (Å²) in [5.41, 5.74) is 0.637. The SMILES string of the molecule is COCC(CCl)NC(=O)c1csc(Br)c1. The molecule has 15 heavy (non-hydrogen) atoms. The van der Waals surface area contributed by atoms with Gasteiger partial charge in [-0.1, -0.05) is 0 Å². The topological polar surface area (TPSA) is 38.3 Å². The molecule has 0 radical (unpaired) electrons. The third-order valence-corrected chi connectivity index (χ3v) is 3.60. The fraction of sp³-hybridized carbons (Fsp3) is 0.444. The van der Waals surface area contributed by atoms with Gasteiger partial charge >= 0.3 is 0 Å². The molecule has 0 aromatic carbocycles. The summed E-state index contributed by atoms with van der Waals surface area (Å²) in [4.78, 5) is 11.7. The molecule has 0 spiro atoms. The lowest BCUT2D eigenvalue weighted by Gasteiger charge is -2.14. The Morgan fingerprint density at radius 3 is 3.00 bits per heavy atom. The normalized spacial score (nSPS) is 12.5. The van der Waals surface area contributed by atoms with E-state index in [4.69, 9.17) is 16.3 Å². The summed E-state index contributed by atoms with van der Waals surface area (Å²) >= 11 is 10.5. The van der Waals surface area contributed by atoms with Gasteiger partial charge in [-0.2, -0.15) is 0 Å². The lowest BCUT2D eigenvalue weighted by Crippen LogP contribution is -2.39. The zero-order chi connectivity index (χ0) is 11.3. The highest BCUT2D eigenvalue weighted by Crippen LogP contribution is 2.20. The smallest absolute Gasteiger partial charge is 0.252 e. The summed E-state index contributed by atoms with van der Waals surface area (Å²) in [5, 5.41) is 4.58. The molecule has 3 nitrogen and oxygen atoms in total. The van der Waals surface area contributed by atoms with E-state index < -0.39 is 0 Å². The summed E-state index contributed by atoms with van der Waals surface area (Å²) in [7, 11) is 1.58. The van der Waals surface area contributed by atoms with Crippen LogP contribution in [-0.4, -0.2) is 31.5 Å². The average molecular weight is 313 g/mol. The zero-order valence-electron chi connectivity index (χ0n) is 8.13. The molecular weight excluding hydrogens is 302 g/mol. The van der Waals surface area contributed by atoms with E-state index >= 15 is 0 Å². The Morgan fingerprint density at radius 1 is 1.80 bits per heavy atom. The Labute approximate surface area is 106 Å². The molecule has 1 rings (SSSR count). The number of hydrogen-bond acceptors (Lipinski definition) is 3. The van der Waals surface area contributed by atoms with Crippen LogP contribution in [0.5, 0.6) is 0 Å². The van der Waals surface area contributed by atoms with Crippen molar-refractivity contribution in [3.8, 4) is 0 Å². The van der Waals surface area contributed by atoms with Crippen molar-refractivity contribution in [1.29, 1.82) is 0 Å². The molecule has 1 amide bonds. The van der Waals surface area contributed by atoms with Gasteiger partial charge in [-0.05, 0) is 22.0 Å². The van der Waals surface area contributed by atoms with Crippen LogP contribution in [0.25, 0.3) is 0 Å². The minimum atomic E-state index is -0.150. The van der Waals surface area contributed by atoms with Gasteiger partial charge in [0.1, 0.15) is 0 Å². The van der Waals surface area contributed by atoms with E-state index in [1.807, 2.05) is 0 Å². The molecule has 0 aliphatic heterocycles. The number of amides is 1. The zero-order valence-corrected chi connectivity index (χ0v) is 11.3. The number of carbonyl (C=O) groups excluding carboxylic acids is 1. The van der Waals surface area contributed by atoms with Crippen molar-refractivity contribution < 1.29 is 9.53 Å². The number of methoxy groups -OCH3 is 1. The number of rotatable bonds is 5. The van der Waals surface area contributed by atoms with Crippen molar-refractivity contribution in [1.82, 2.24) is 5.32 Å². The van der Waals surface area contributed by atoms with Gasteiger partial charge in [0.15, 0.2) is 0 Å². The third-order valence-electron chi connectivity index (χ3n) is 1.72. The predicted molar refractivity (Wildman–Crippen MR) is 65.9 cm³/mol. The molecule has 84 valence electrons. The standard InChI is InChI=1S/C9H11BrClNO2S/c1-14-4-7(3-11)12-9(13)6-2-8(10)15-5-6/h2,5,7H,3-4H2,1H3,(H,12,13). The molecule has 0 fully saturated rings. The fourth-order valence-corrected chi connectivity index (χ4v) is 2.33. The van der Waals surface area contributed by atoms with Gasteiger partial charge in [-0.15, -0.1) is 22.9 Å². The molecule has 1 unspecified atom stereocenters. The molecule has 0 saturated carbocycles. The summed E-state index contributed by atoms with van der Waals surface area (Å²) in [6.45, 7) is 0.417. The van der Waals surface area contributed by atoms with E-state index in [0.29, 0.717) is 18.1 Å². The van der Waals surface area contributed by atoms with Gasteiger partial charge < -0.3 is 10.1 Å². The van der Waals surface area contributed by atoms with Gasteiger partial charge in [0.05, 0.1) is 22.0 Å². The Balaban J connectivity index is 2.54. The number of hydrogen-bond donors (Lipinski definition) is 1. The van der Waals surface area contributed by atoms with E-state index in [0.717, 1.165) is 3.79 Å². The highest BCUT2D eigenvalue weighted by Gasteiger charge is 2.13. The number of nitrogens with one attached hydrogen (secondary N) is 1. The van der Waals surface area contributed by atoms with Crippen molar-refractivity contribution in [2.45, 2.75) is 6.04 Å². The monoisotopic (exact) mass is 311 g/mol. The number of alkyl halides is 1. The minimum Gasteiger partial charge on any atom is -0.383 e. The molecule has 1 N–H and O–H groups in total. The van der Waals surface area contributed by atoms with Crippen molar-refractivity contribution in [2.75, 3.05) is 19.6 Å². The number of ether oxygens (including phenoxy) is 1.